The van der Waals surface area contributed by atoms with Crippen LogP contribution in [-0.2, 0) is 4.79 Å². The average Bonchev–Trinajstić information content (AvgIpc) is 2.75. The topological polar surface area (TPSA) is 70.2 Å². The fourth-order valence-electron chi connectivity index (χ4n) is 3.48. The molecule has 28 heavy (non-hydrogen) atoms. The molecule has 6 heteroatoms. The molecular weight excluding hydrogens is 350 g/mol. The molecule has 1 aromatic heterocycles. The van der Waals surface area contributed by atoms with Crippen LogP contribution in [-0.4, -0.2) is 29.0 Å². The van der Waals surface area contributed by atoms with Gasteiger partial charge >= 0.3 is 0 Å². The molecule has 0 spiro atoms. The molecule has 2 N–H and O–H groups in total. The molecule has 3 aromatic rings. The number of nitrogens with one attached hydrogen (secondary N) is 2. The summed E-state index contributed by atoms with van der Waals surface area (Å²) in [5, 5.41) is 6.31. The monoisotopic (exact) mass is 373 g/mol. The predicted octanol–water partition coefficient (Wildman–Crippen LogP) is 3.33. The molecule has 1 unspecified atom stereocenters. The Hall–Kier alpha value is -3.41. The van der Waals surface area contributed by atoms with Crippen molar-refractivity contribution < 1.29 is 4.79 Å². The van der Waals surface area contributed by atoms with E-state index in [1.54, 1.807) is 6.20 Å². The van der Waals surface area contributed by atoms with Crippen molar-refractivity contribution in [3.8, 4) is 0 Å². The number of piperazine rings is 1. The summed E-state index contributed by atoms with van der Waals surface area (Å²) in [6.07, 6.45) is 1.73. The van der Waals surface area contributed by atoms with Gasteiger partial charge < -0.3 is 15.5 Å². The number of carbonyl (C=O) groups is 1. The first-order valence-electron chi connectivity index (χ1n) is 9.46. The molecule has 1 aliphatic rings. The lowest BCUT2D eigenvalue weighted by Gasteiger charge is -2.36. The van der Waals surface area contributed by atoms with E-state index < -0.39 is 6.04 Å². The van der Waals surface area contributed by atoms with Crippen molar-refractivity contribution in [1.29, 1.82) is 0 Å². The lowest BCUT2D eigenvalue weighted by Crippen LogP contribution is -2.50. The fourth-order valence-corrected chi connectivity index (χ4v) is 3.48. The van der Waals surface area contributed by atoms with Gasteiger partial charge in [0.15, 0.2) is 0 Å². The smallest absolute Gasteiger partial charge is 0.247 e. The standard InChI is InChI=1S/C22H23N5O/c1-16(17-8-4-2-5-9-17)25-22-24-13-12-19(26-22)27-15-14-23-21(28)20(27)18-10-6-3-7-11-18/h2-13,16,20H,14-15H2,1H3,(H,23,28)(H,24,25,26)/t16?,20-/m1/s1. The van der Waals surface area contributed by atoms with Crippen LogP contribution < -0.4 is 15.5 Å². The molecule has 6 nitrogen and oxygen atoms in total. The summed E-state index contributed by atoms with van der Waals surface area (Å²) in [4.78, 5) is 23.7. The molecule has 1 fully saturated rings. The molecule has 4 rings (SSSR count). The van der Waals surface area contributed by atoms with Gasteiger partial charge in [-0.15, -0.1) is 0 Å². The quantitative estimate of drug-likeness (QED) is 0.718. The van der Waals surface area contributed by atoms with Gasteiger partial charge in [0.2, 0.25) is 11.9 Å². The Morgan fingerprint density at radius 2 is 1.79 bits per heavy atom. The summed E-state index contributed by atoms with van der Waals surface area (Å²) < 4.78 is 0. The Bertz CT molecular complexity index is 932. The minimum absolute atomic E-state index is 0.0109. The molecule has 0 bridgehead atoms. The minimum atomic E-state index is -0.399. The van der Waals surface area contributed by atoms with Crippen LogP contribution in [0.25, 0.3) is 0 Å². The third-order valence-corrected chi connectivity index (χ3v) is 4.91. The maximum absolute atomic E-state index is 12.6. The molecule has 1 saturated heterocycles. The lowest BCUT2D eigenvalue weighted by atomic mass is 10.0. The number of nitrogens with zero attached hydrogens (tertiary/aromatic N) is 3. The molecule has 142 valence electrons. The highest BCUT2D eigenvalue weighted by Gasteiger charge is 2.32. The number of aromatic nitrogens is 2. The molecular formula is C22H23N5O. The summed E-state index contributed by atoms with van der Waals surface area (Å²) in [5.74, 6) is 1.27. The van der Waals surface area contributed by atoms with E-state index in [-0.39, 0.29) is 11.9 Å². The summed E-state index contributed by atoms with van der Waals surface area (Å²) >= 11 is 0. The summed E-state index contributed by atoms with van der Waals surface area (Å²) in [6.45, 7) is 3.36. The van der Waals surface area contributed by atoms with E-state index in [0.717, 1.165) is 16.9 Å². The van der Waals surface area contributed by atoms with E-state index in [1.807, 2.05) is 59.5 Å². The highest BCUT2D eigenvalue weighted by atomic mass is 16.2. The Morgan fingerprint density at radius 3 is 2.54 bits per heavy atom. The summed E-state index contributed by atoms with van der Waals surface area (Å²) in [5.41, 5.74) is 2.11. The van der Waals surface area contributed by atoms with Gasteiger partial charge in [-0.1, -0.05) is 60.7 Å². The van der Waals surface area contributed by atoms with Crippen molar-refractivity contribution in [2.24, 2.45) is 0 Å². The highest BCUT2D eigenvalue weighted by molar-refractivity contribution is 5.87. The molecule has 1 aliphatic heterocycles. The van der Waals surface area contributed by atoms with E-state index in [4.69, 9.17) is 4.98 Å². The zero-order valence-electron chi connectivity index (χ0n) is 15.7. The van der Waals surface area contributed by atoms with E-state index in [2.05, 4.69) is 34.7 Å². The minimum Gasteiger partial charge on any atom is -0.352 e. The van der Waals surface area contributed by atoms with Gasteiger partial charge in [0.1, 0.15) is 11.9 Å². The largest absolute Gasteiger partial charge is 0.352 e. The van der Waals surface area contributed by atoms with Gasteiger partial charge in [-0.25, -0.2) is 4.98 Å². The van der Waals surface area contributed by atoms with E-state index in [1.165, 1.54) is 0 Å². The zero-order valence-corrected chi connectivity index (χ0v) is 15.7. The van der Waals surface area contributed by atoms with Crippen molar-refractivity contribution in [2.45, 2.75) is 19.0 Å². The second-order valence-electron chi connectivity index (χ2n) is 6.81. The van der Waals surface area contributed by atoms with Crippen LogP contribution >= 0.6 is 0 Å². The van der Waals surface area contributed by atoms with Gasteiger partial charge in [0, 0.05) is 19.3 Å². The molecule has 0 saturated carbocycles. The van der Waals surface area contributed by atoms with Crippen molar-refractivity contribution in [3.63, 3.8) is 0 Å². The Balaban J connectivity index is 1.59. The number of anilines is 2. The summed E-state index contributed by atoms with van der Waals surface area (Å²) in [7, 11) is 0. The van der Waals surface area contributed by atoms with Crippen molar-refractivity contribution in [2.75, 3.05) is 23.3 Å². The normalized spacial score (nSPS) is 17.7. The van der Waals surface area contributed by atoms with Gasteiger partial charge in [0.25, 0.3) is 0 Å². The van der Waals surface area contributed by atoms with Crippen molar-refractivity contribution in [3.05, 3.63) is 84.1 Å². The first-order chi connectivity index (χ1) is 13.7. The Morgan fingerprint density at radius 1 is 1.07 bits per heavy atom. The maximum atomic E-state index is 12.6. The van der Waals surface area contributed by atoms with E-state index >= 15 is 0 Å². The third-order valence-electron chi connectivity index (χ3n) is 4.91. The van der Waals surface area contributed by atoms with Crippen LogP contribution in [0.3, 0.4) is 0 Å². The van der Waals surface area contributed by atoms with Gasteiger partial charge in [0.05, 0.1) is 6.04 Å². The van der Waals surface area contributed by atoms with Crippen molar-refractivity contribution in [1.82, 2.24) is 15.3 Å². The predicted molar refractivity (Wildman–Crippen MR) is 110 cm³/mol. The van der Waals surface area contributed by atoms with E-state index in [9.17, 15) is 4.79 Å². The second kappa shape index (κ2) is 8.08. The van der Waals surface area contributed by atoms with E-state index in [0.29, 0.717) is 19.0 Å². The van der Waals surface area contributed by atoms with Gasteiger partial charge in [-0.05, 0) is 24.1 Å². The molecule has 2 aromatic carbocycles. The number of hydrogen-bond acceptors (Lipinski definition) is 5. The Kier molecular flexibility index (Phi) is 5.19. The molecule has 1 amide bonds. The molecule has 2 atom stereocenters. The second-order valence-corrected chi connectivity index (χ2v) is 6.81. The first kappa shape index (κ1) is 18.0. The zero-order chi connectivity index (χ0) is 19.3. The highest BCUT2D eigenvalue weighted by Crippen LogP contribution is 2.28. The number of benzene rings is 2. The van der Waals surface area contributed by atoms with Crippen LogP contribution in [0.15, 0.2) is 72.9 Å². The first-order valence-corrected chi connectivity index (χ1v) is 9.46. The van der Waals surface area contributed by atoms with Gasteiger partial charge in [-0.3, -0.25) is 4.79 Å². The lowest BCUT2D eigenvalue weighted by molar-refractivity contribution is -0.123. The molecule has 2 heterocycles. The van der Waals surface area contributed by atoms with Crippen LogP contribution in [0.1, 0.15) is 30.1 Å². The number of carbonyl (C=O) groups excluding carboxylic acids is 1. The molecule has 0 radical (unpaired) electrons. The van der Waals surface area contributed by atoms with Crippen molar-refractivity contribution >= 4 is 17.7 Å². The Labute approximate surface area is 164 Å². The number of hydrogen-bond donors (Lipinski definition) is 2. The van der Waals surface area contributed by atoms with Crippen LogP contribution in [0.5, 0.6) is 0 Å². The third kappa shape index (κ3) is 3.81. The molecule has 0 aliphatic carbocycles. The maximum Gasteiger partial charge on any atom is 0.247 e. The van der Waals surface area contributed by atoms with Crippen LogP contribution in [0.4, 0.5) is 11.8 Å². The summed E-state index contributed by atoms with van der Waals surface area (Å²) in [6, 6.07) is 21.5. The van der Waals surface area contributed by atoms with Gasteiger partial charge in [-0.2, -0.15) is 4.98 Å². The van der Waals surface area contributed by atoms with Crippen LogP contribution in [0, 0.1) is 0 Å². The average molecular weight is 373 g/mol. The SMILES string of the molecule is CC(Nc1nccc(N2CCNC(=O)[C@H]2c2ccccc2)n1)c1ccccc1. The number of rotatable bonds is 5. The fraction of sp³-hybridized carbons (Fsp3) is 0.227. The number of amides is 1. The van der Waals surface area contributed by atoms with Crippen LogP contribution in [0.2, 0.25) is 0 Å².